The molecule has 3 heteroatoms. The Bertz CT molecular complexity index is 284. The third-order valence-corrected chi connectivity index (χ3v) is 2.32. The van der Waals surface area contributed by atoms with Crippen molar-refractivity contribution in [3.8, 4) is 0 Å². The molecule has 1 unspecified atom stereocenters. The Hall–Kier alpha value is -0.670. The van der Waals surface area contributed by atoms with E-state index < -0.39 is 11.1 Å². The molecule has 0 aliphatic heterocycles. The molecule has 1 aromatic carbocycles. The molecule has 1 aromatic rings. The molecule has 0 aliphatic carbocycles. The quantitative estimate of drug-likeness (QED) is 0.668. The molecule has 0 spiro atoms. The molecule has 0 aromatic heterocycles. The largest absolute Gasteiger partial charge is 0.772 e. The Kier molecular flexibility index (Phi) is 3.44. The van der Waals surface area contributed by atoms with Gasteiger partial charge in [-0.15, -0.1) is 0 Å². The fraction of sp³-hybridized carbons (Fsp3) is 0.333. The van der Waals surface area contributed by atoms with Crippen molar-refractivity contribution in [2.45, 2.75) is 19.1 Å². The van der Waals surface area contributed by atoms with Gasteiger partial charge in [-0.2, -0.15) is 0 Å². The number of hydrogen-bond acceptors (Lipinski definition) is 2. The minimum Gasteiger partial charge on any atom is -0.772 e. The van der Waals surface area contributed by atoms with Crippen molar-refractivity contribution in [3.05, 3.63) is 35.4 Å². The van der Waals surface area contributed by atoms with Gasteiger partial charge in [0.2, 0.25) is 0 Å². The van der Waals surface area contributed by atoms with Gasteiger partial charge >= 0.3 is 0 Å². The van der Waals surface area contributed by atoms with E-state index in [1.807, 2.05) is 31.2 Å². The minimum atomic E-state index is -1.98. The van der Waals surface area contributed by atoms with Crippen LogP contribution >= 0.6 is 0 Å². The molecule has 0 saturated heterocycles. The predicted molar refractivity (Wildman–Crippen MR) is 48.4 cm³/mol. The summed E-state index contributed by atoms with van der Waals surface area (Å²) in [4.78, 5) is 0. The standard InChI is InChI=1S/C9H12O2S/c1-2-8-5-3-4-6-9(8)7-12(10)11/h3-6H,2,7H2,1H3,(H,10,11)/p-1. The lowest BCUT2D eigenvalue weighted by atomic mass is 10.1. The van der Waals surface area contributed by atoms with Crippen molar-refractivity contribution < 1.29 is 8.76 Å². The first-order valence-corrected chi connectivity index (χ1v) is 5.11. The van der Waals surface area contributed by atoms with E-state index in [-0.39, 0.29) is 5.75 Å². The van der Waals surface area contributed by atoms with Gasteiger partial charge in [-0.3, -0.25) is 4.21 Å². The lowest BCUT2D eigenvalue weighted by Gasteiger charge is -2.08. The average Bonchev–Trinajstić information content (AvgIpc) is 2.04. The fourth-order valence-corrected chi connectivity index (χ4v) is 1.71. The fourth-order valence-electron chi connectivity index (χ4n) is 1.17. The molecule has 12 heavy (non-hydrogen) atoms. The first kappa shape index (κ1) is 9.42. The summed E-state index contributed by atoms with van der Waals surface area (Å²) < 4.78 is 20.9. The molecule has 0 saturated carbocycles. The molecule has 0 heterocycles. The summed E-state index contributed by atoms with van der Waals surface area (Å²) in [7, 11) is 0. The van der Waals surface area contributed by atoms with E-state index in [4.69, 9.17) is 0 Å². The lowest BCUT2D eigenvalue weighted by molar-refractivity contribution is 0.536. The van der Waals surface area contributed by atoms with E-state index in [9.17, 15) is 8.76 Å². The zero-order valence-electron chi connectivity index (χ0n) is 6.95. The van der Waals surface area contributed by atoms with Gasteiger partial charge in [-0.05, 0) is 17.5 Å². The van der Waals surface area contributed by atoms with Crippen molar-refractivity contribution >= 4 is 11.1 Å². The van der Waals surface area contributed by atoms with Gasteiger partial charge in [0, 0.05) is 5.75 Å². The second kappa shape index (κ2) is 4.38. The summed E-state index contributed by atoms with van der Waals surface area (Å²) in [6, 6.07) is 7.61. The van der Waals surface area contributed by atoms with Gasteiger partial charge in [0.25, 0.3) is 0 Å². The topological polar surface area (TPSA) is 40.1 Å². The van der Waals surface area contributed by atoms with E-state index in [1.165, 1.54) is 0 Å². The van der Waals surface area contributed by atoms with Crippen LogP contribution in [0.3, 0.4) is 0 Å². The predicted octanol–water partition coefficient (Wildman–Crippen LogP) is 1.63. The maximum Gasteiger partial charge on any atom is 0.0355 e. The number of aryl methyl sites for hydroxylation is 1. The van der Waals surface area contributed by atoms with Crippen LogP contribution in [0.1, 0.15) is 18.1 Å². The van der Waals surface area contributed by atoms with Crippen LogP contribution in [-0.2, 0) is 23.3 Å². The molecule has 1 rings (SSSR count). The summed E-state index contributed by atoms with van der Waals surface area (Å²) in [5.74, 6) is 0.129. The summed E-state index contributed by atoms with van der Waals surface area (Å²) in [6.45, 7) is 2.02. The van der Waals surface area contributed by atoms with Crippen LogP contribution in [0.4, 0.5) is 0 Å². The summed E-state index contributed by atoms with van der Waals surface area (Å²) >= 11 is -1.98. The minimum absolute atomic E-state index is 0.129. The molecule has 0 radical (unpaired) electrons. The molecule has 0 bridgehead atoms. The highest BCUT2D eigenvalue weighted by molar-refractivity contribution is 7.78. The highest BCUT2D eigenvalue weighted by Crippen LogP contribution is 2.10. The van der Waals surface area contributed by atoms with Gasteiger partial charge in [-0.1, -0.05) is 42.3 Å². The van der Waals surface area contributed by atoms with Crippen molar-refractivity contribution in [3.63, 3.8) is 0 Å². The Morgan fingerprint density at radius 3 is 2.42 bits per heavy atom. The Morgan fingerprint density at radius 2 is 1.92 bits per heavy atom. The monoisotopic (exact) mass is 183 g/mol. The maximum absolute atomic E-state index is 10.4. The summed E-state index contributed by atoms with van der Waals surface area (Å²) in [5.41, 5.74) is 2.02. The van der Waals surface area contributed by atoms with Crippen LogP contribution in [-0.4, -0.2) is 8.76 Å². The SMILES string of the molecule is CCc1ccccc1CS(=O)[O-]. The second-order valence-electron chi connectivity index (χ2n) is 2.57. The van der Waals surface area contributed by atoms with E-state index in [0.717, 1.165) is 17.5 Å². The van der Waals surface area contributed by atoms with Crippen LogP contribution in [0.25, 0.3) is 0 Å². The van der Waals surface area contributed by atoms with E-state index >= 15 is 0 Å². The lowest BCUT2D eigenvalue weighted by Crippen LogP contribution is -1.97. The first-order valence-electron chi connectivity index (χ1n) is 3.86. The molecule has 0 amide bonds. The summed E-state index contributed by atoms with van der Waals surface area (Å²) in [6.07, 6.45) is 0.882. The first-order chi connectivity index (χ1) is 5.74. The smallest absolute Gasteiger partial charge is 0.0355 e. The zero-order chi connectivity index (χ0) is 8.97. The zero-order valence-corrected chi connectivity index (χ0v) is 7.76. The number of rotatable bonds is 3. The Balaban J connectivity index is 2.89. The van der Waals surface area contributed by atoms with Crippen LogP contribution < -0.4 is 0 Å². The summed E-state index contributed by atoms with van der Waals surface area (Å²) in [5, 5.41) is 0. The van der Waals surface area contributed by atoms with Crippen LogP contribution in [0.15, 0.2) is 24.3 Å². The molecule has 2 nitrogen and oxygen atoms in total. The maximum atomic E-state index is 10.4. The van der Waals surface area contributed by atoms with Gasteiger partial charge in [-0.25, -0.2) is 0 Å². The van der Waals surface area contributed by atoms with E-state index in [1.54, 1.807) is 0 Å². The van der Waals surface area contributed by atoms with Crippen LogP contribution in [0.5, 0.6) is 0 Å². The van der Waals surface area contributed by atoms with Gasteiger partial charge in [0.15, 0.2) is 0 Å². The highest BCUT2D eigenvalue weighted by atomic mass is 32.2. The molecule has 0 aliphatic rings. The Morgan fingerprint density at radius 1 is 1.33 bits per heavy atom. The van der Waals surface area contributed by atoms with Gasteiger partial charge in [0.05, 0.1) is 0 Å². The number of benzene rings is 1. The molecular formula is C9H11O2S-. The van der Waals surface area contributed by atoms with E-state index in [2.05, 4.69) is 0 Å². The van der Waals surface area contributed by atoms with Crippen molar-refractivity contribution in [2.75, 3.05) is 0 Å². The molecule has 0 fully saturated rings. The van der Waals surface area contributed by atoms with Crippen LogP contribution in [0.2, 0.25) is 0 Å². The van der Waals surface area contributed by atoms with Crippen LogP contribution in [0, 0.1) is 0 Å². The number of hydrogen-bond donors (Lipinski definition) is 0. The van der Waals surface area contributed by atoms with E-state index in [0.29, 0.717) is 0 Å². The molecule has 1 atom stereocenters. The highest BCUT2D eigenvalue weighted by Gasteiger charge is 1.98. The van der Waals surface area contributed by atoms with Gasteiger partial charge in [0.1, 0.15) is 0 Å². The Labute approximate surface area is 74.9 Å². The normalized spacial score (nSPS) is 12.8. The average molecular weight is 183 g/mol. The third kappa shape index (κ3) is 2.43. The molecular weight excluding hydrogens is 172 g/mol. The molecule has 0 N–H and O–H groups in total. The van der Waals surface area contributed by atoms with Crippen molar-refractivity contribution in [1.82, 2.24) is 0 Å². The molecule has 66 valence electrons. The van der Waals surface area contributed by atoms with Crippen molar-refractivity contribution in [1.29, 1.82) is 0 Å². The van der Waals surface area contributed by atoms with Gasteiger partial charge < -0.3 is 4.55 Å². The third-order valence-electron chi connectivity index (χ3n) is 1.77. The second-order valence-corrected chi connectivity index (χ2v) is 3.47. The van der Waals surface area contributed by atoms with Crippen molar-refractivity contribution in [2.24, 2.45) is 0 Å².